The Balaban J connectivity index is 1.66. The Kier molecular flexibility index (Phi) is 4.89. The fourth-order valence-electron chi connectivity index (χ4n) is 4.22. The van der Waals surface area contributed by atoms with Gasteiger partial charge in [0.05, 0.1) is 23.8 Å². The normalized spacial score (nSPS) is 16.2. The molecule has 0 N–H and O–H groups in total. The van der Waals surface area contributed by atoms with E-state index in [1.807, 2.05) is 6.92 Å². The molecule has 3 amide bonds. The highest BCUT2D eigenvalue weighted by atomic mass is 16.5. The van der Waals surface area contributed by atoms with Crippen LogP contribution in [0.4, 0.5) is 5.69 Å². The fourth-order valence-corrected chi connectivity index (χ4v) is 4.22. The standard InChI is InChI=1S/C23H22N2O5/c1-13-9-10-16-18(12-13)22(28)25(21(16)27)14(2)20(26)24-11-5-7-15-17(23(29)30-3)6-4-8-19(15)24/h4,6,8-10,12,14H,5,7,11H2,1-3H3/t14-/m1/s1. The van der Waals surface area contributed by atoms with Crippen LogP contribution in [-0.4, -0.2) is 48.3 Å². The van der Waals surface area contributed by atoms with Crippen LogP contribution in [0.2, 0.25) is 0 Å². The molecule has 0 fully saturated rings. The molecule has 0 spiro atoms. The van der Waals surface area contributed by atoms with Crippen molar-refractivity contribution in [1.82, 2.24) is 4.90 Å². The van der Waals surface area contributed by atoms with E-state index in [0.717, 1.165) is 16.0 Å². The number of hydrogen-bond donors (Lipinski definition) is 0. The SMILES string of the molecule is COC(=O)c1cccc2c1CCCN2C(=O)[C@@H](C)N1C(=O)c2ccc(C)cc2C1=O. The first-order valence-corrected chi connectivity index (χ1v) is 9.85. The van der Waals surface area contributed by atoms with E-state index in [-0.39, 0.29) is 5.91 Å². The highest BCUT2D eigenvalue weighted by Crippen LogP contribution is 2.32. The number of anilines is 1. The minimum atomic E-state index is -0.967. The molecule has 2 aliphatic heterocycles. The molecule has 0 aromatic heterocycles. The Labute approximate surface area is 174 Å². The van der Waals surface area contributed by atoms with Crippen molar-refractivity contribution in [3.63, 3.8) is 0 Å². The zero-order chi connectivity index (χ0) is 21.6. The first-order valence-electron chi connectivity index (χ1n) is 9.85. The molecule has 2 heterocycles. The van der Waals surface area contributed by atoms with Crippen LogP contribution >= 0.6 is 0 Å². The first-order chi connectivity index (χ1) is 14.3. The Bertz CT molecular complexity index is 1090. The minimum absolute atomic E-state index is 0.317. The molecule has 30 heavy (non-hydrogen) atoms. The van der Waals surface area contributed by atoms with Gasteiger partial charge in [0.25, 0.3) is 11.8 Å². The third-order valence-electron chi connectivity index (χ3n) is 5.74. The summed E-state index contributed by atoms with van der Waals surface area (Å²) in [5, 5.41) is 0. The summed E-state index contributed by atoms with van der Waals surface area (Å²) >= 11 is 0. The van der Waals surface area contributed by atoms with E-state index in [9.17, 15) is 19.2 Å². The van der Waals surface area contributed by atoms with Crippen molar-refractivity contribution in [1.29, 1.82) is 0 Å². The highest BCUT2D eigenvalue weighted by Gasteiger charge is 2.42. The summed E-state index contributed by atoms with van der Waals surface area (Å²) in [5.74, 6) is -1.73. The zero-order valence-electron chi connectivity index (χ0n) is 17.1. The van der Waals surface area contributed by atoms with Crippen molar-refractivity contribution in [2.45, 2.75) is 32.7 Å². The number of carbonyl (C=O) groups is 4. The molecule has 0 saturated heterocycles. The molecule has 7 nitrogen and oxygen atoms in total. The molecule has 2 aromatic rings. The van der Waals surface area contributed by atoms with Crippen molar-refractivity contribution in [2.24, 2.45) is 0 Å². The van der Waals surface area contributed by atoms with Gasteiger partial charge in [-0.25, -0.2) is 4.79 Å². The Morgan fingerprint density at radius 1 is 1.07 bits per heavy atom. The highest BCUT2D eigenvalue weighted by molar-refractivity contribution is 6.23. The lowest BCUT2D eigenvalue weighted by atomic mass is 9.95. The van der Waals surface area contributed by atoms with Crippen molar-refractivity contribution in [2.75, 3.05) is 18.6 Å². The Morgan fingerprint density at radius 2 is 1.80 bits per heavy atom. The van der Waals surface area contributed by atoms with Gasteiger partial charge in [-0.15, -0.1) is 0 Å². The first kappa shape index (κ1) is 19.8. The van der Waals surface area contributed by atoms with Gasteiger partial charge in [-0.05, 0) is 56.5 Å². The lowest BCUT2D eigenvalue weighted by molar-refractivity contribution is -0.122. The molecule has 0 aliphatic carbocycles. The third kappa shape index (κ3) is 2.98. The molecule has 0 bridgehead atoms. The van der Waals surface area contributed by atoms with Crippen LogP contribution < -0.4 is 4.90 Å². The van der Waals surface area contributed by atoms with Gasteiger partial charge in [-0.1, -0.05) is 17.7 Å². The number of nitrogens with zero attached hydrogens (tertiary/aromatic N) is 2. The summed E-state index contributed by atoms with van der Waals surface area (Å²) in [6.07, 6.45) is 1.31. The summed E-state index contributed by atoms with van der Waals surface area (Å²) in [6.45, 7) is 3.86. The van der Waals surface area contributed by atoms with Gasteiger partial charge in [-0.3, -0.25) is 19.3 Å². The number of esters is 1. The van der Waals surface area contributed by atoms with E-state index < -0.39 is 23.8 Å². The molecule has 4 rings (SSSR count). The van der Waals surface area contributed by atoms with Crippen LogP contribution in [0.15, 0.2) is 36.4 Å². The summed E-state index contributed by atoms with van der Waals surface area (Å²) in [5.41, 5.74) is 3.30. The number of ether oxygens (including phenoxy) is 1. The number of methoxy groups -OCH3 is 1. The van der Waals surface area contributed by atoms with Crippen LogP contribution in [0, 0.1) is 6.92 Å². The van der Waals surface area contributed by atoms with Crippen LogP contribution in [0.1, 0.15) is 55.5 Å². The number of fused-ring (bicyclic) bond motifs is 2. The van der Waals surface area contributed by atoms with Gasteiger partial charge in [0, 0.05) is 12.2 Å². The van der Waals surface area contributed by atoms with Gasteiger partial charge in [0.1, 0.15) is 6.04 Å². The van der Waals surface area contributed by atoms with Crippen LogP contribution in [0.25, 0.3) is 0 Å². The van der Waals surface area contributed by atoms with Gasteiger partial charge in [-0.2, -0.15) is 0 Å². The molecular formula is C23H22N2O5. The largest absolute Gasteiger partial charge is 0.465 e. The predicted octanol–water partition coefficient (Wildman–Crippen LogP) is 2.75. The molecular weight excluding hydrogens is 384 g/mol. The van der Waals surface area contributed by atoms with Gasteiger partial charge in [0.15, 0.2) is 0 Å². The smallest absolute Gasteiger partial charge is 0.338 e. The van der Waals surface area contributed by atoms with Crippen molar-refractivity contribution >= 4 is 29.4 Å². The number of carbonyl (C=O) groups excluding carboxylic acids is 4. The number of imide groups is 1. The second kappa shape index (κ2) is 7.40. The second-order valence-corrected chi connectivity index (χ2v) is 7.59. The number of benzene rings is 2. The predicted molar refractivity (Wildman–Crippen MR) is 110 cm³/mol. The average molecular weight is 406 g/mol. The molecule has 154 valence electrons. The Morgan fingerprint density at radius 3 is 2.53 bits per heavy atom. The number of rotatable bonds is 3. The molecule has 0 radical (unpaired) electrons. The zero-order valence-corrected chi connectivity index (χ0v) is 17.1. The lowest BCUT2D eigenvalue weighted by Gasteiger charge is -2.34. The quantitative estimate of drug-likeness (QED) is 0.578. The Hall–Kier alpha value is -3.48. The van der Waals surface area contributed by atoms with E-state index in [2.05, 4.69) is 0 Å². The maximum absolute atomic E-state index is 13.4. The van der Waals surface area contributed by atoms with Crippen molar-refractivity contribution in [3.05, 3.63) is 64.2 Å². The topological polar surface area (TPSA) is 84.0 Å². The van der Waals surface area contributed by atoms with Gasteiger partial charge in [0.2, 0.25) is 5.91 Å². The summed E-state index contributed by atoms with van der Waals surface area (Å²) in [4.78, 5) is 53.8. The molecule has 1 atom stereocenters. The monoisotopic (exact) mass is 406 g/mol. The second-order valence-electron chi connectivity index (χ2n) is 7.59. The van der Waals surface area contributed by atoms with E-state index in [1.54, 1.807) is 48.2 Å². The van der Waals surface area contributed by atoms with E-state index in [0.29, 0.717) is 41.8 Å². The average Bonchev–Trinajstić information content (AvgIpc) is 3.00. The molecule has 0 unspecified atom stereocenters. The van der Waals surface area contributed by atoms with Gasteiger partial charge >= 0.3 is 5.97 Å². The summed E-state index contributed by atoms with van der Waals surface area (Å²) in [7, 11) is 1.32. The maximum atomic E-state index is 13.4. The molecule has 0 saturated carbocycles. The third-order valence-corrected chi connectivity index (χ3v) is 5.74. The summed E-state index contributed by atoms with van der Waals surface area (Å²) in [6, 6.07) is 9.25. The van der Waals surface area contributed by atoms with Crippen molar-refractivity contribution in [3.8, 4) is 0 Å². The van der Waals surface area contributed by atoms with Crippen LogP contribution in [-0.2, 0) is 16.0 Å². The molecule has 7 heteroatoms. The number of aryl methyl sites for hydroxylation is 1. The van der Waals surface area contributed by atoms with E-state index in [4.69, 9.17) is 4.74 Å². The van der Waals surface area contributed by atoms with E-state index in [1.165, 1.54) is 7.11 Å². The number of hydrogen-bond acceptors (Lipinski definition) is 5. The molecule has 2 aliphatic rings. The van der Waals surface area contributed by atoms with Gasteiger partial charge < -0.3 is 9.64 Å². The molecule has 2 aromatic carbocycles. The van der Waals surface area contributed by atoms with Crippen LogP contribution in [0.5, 0.6) is 0 Å². The van der Waals surface area contributed by atoms with Crippen molar-refractivity contribution < 1.29 is 23.9 Å². The number of amides is 3. The van der Waals surface area contributed by atoms with E-state index >= 15 is 0 Å². The lowest BCUT2D eigenvalue weighted by Crippen LogP contribution is -2.50. The minimum Gasteiger partial charge on any atom is -0.465 e. The van der Waals surface area contributed by atoms with Crippen LogP contribution in [0.3, 0.4) is 0 Å². The fraction of sp³-hybridized carbons (Fsp3) is 0.304. The summed E-state index contributed by atoms with van der Waals surface area (Å²) < 4.78 is 4.86. The maximum Gasteiger partial charge on any atom is 0.338 e.